The summed E-state index contributed by atoms with van der Waals surface area (Å²) in [6.45, 7) is 9.45. The van der Waals surface area contributed by atoms with Gasteiger partial charge in [-0.3, -0.25) is 4.90 Å². The van der Waals surface area contributed by atoms with Gasteiger partial charge < -0.3 is 5.73 Å². The molecule has 2 N–H and O–H groups in total. The van der Waals surface area contributed by atoms with Gasteiger partial charge in [0.25, 0.3) is 0 Å². The molecule has 2 aromatic rings. The summed E-state index contributed by atoms with van der Waals surface area (Å²) in [5.41, 5.74) is 14.7. The van der Waals surface area contributed by atoms with Crippen molar-refractivity contribution in [3.05, 3.63) is 69.8 Å². The minimum absolute atomic E-state index is 0.0833. The second-order valence-corrected chi connectivity index (χ2v) is 6.36. The molecule has 0 radical (unpaired) electrons. The number of benzene rings is 2. The molecule has 1 atom stereocenters. The summed E-state index contributed by atoms with van der Waals surface area (Å²) in [5.74, 6) is 0. The Morgan fingerprint density at radius 2 is 1.52 bits per heavy atom. The molecule has 0 aliphatic carbocycles. The maximum absolute atomic E-state index is 6.52. The second-order valence-electron chi connectivity index (χ2n) is 6.36. The Morgan fingerprint density at radius 1 is 1.00 bits per heavy atom. The summed E-state index contributed by atoms with van der Waals surface area (Å²) in [4.78, 5) is 2.45. The molecule has 0 fully saturated rings. The molecule has 1 aliphatic rings. The molecule has 1 heterocycles. The average Bonchev–Trinajstić information content (AvgIpc) is 2.79. The van der Waals surface area contributed by atoms with E-state index in [1.807, 2.05) is 0 Å². The smallest absolute Gasteiger partial charge is 0.0429 e. The van der Waals surface area contributed by atoms with E-state index < -0.39 is 0 Å². The normalized spacial score (nSPS) is 16.0. The number of hydrogen-bond donors (Lipinski definition) is 1. The Morgan fingerprint density at radius 3 is 2.05 bits per heavy atom. The summed E-state index contributed by atoms with van der Waals surface area (Å²) in [6.07, 6.45) is 0. The summed E-state index contributed by atoms with van der Waals surface area (Å²) in [6, 6.07) is 13.3. The fraction of sp³-hybridized carbons (Fsp3) is 0.368. The van der Waals surface area contributed by atoms with Crippen LogP contribution in [0.3, 0.4) is 0 Å². The van der Waals surface area contributed by atoms with Crippen molar-refractivity contribution in [3.8, 4) is 0 Å². The van der Waals surface area contributed by atoms with Crippen molar-refractivity contribution < 1.29 is 0 Å². The Kier molecular flexibility index (Phi) is 3.83. The van der Waals surface area contributed by atoms with Gasteiger partial charge >= 0.3 is 0 Å². The van der Waals surface area contributed by atoms with Gasteiger partial charge in [0.1, 0.15) is 0 Å². The lowest BCUT2D eigenvalue weighted by Gasteiger charge is -2.23. The Labute approximate surface area is 127 Å². The van der Waals surface area contributed by atoms with Gasteiger partial charge in [-0.2, -0.15) is 0 Å². The van der Waals surface area contributed by atoms with E-state index in [2.05, 4.69) is 62.1 Å². The van der Waals surface area contributed by atoms with Crippen LogP contribution in [0.2, 0.25) is 0 Å². The lowest BCUT2D eigenvalue weighted by molar-refractivity contribution is 0.265. The quantitative estimate of drug-likeness (QED) is 0.930. The van der Waals surface area contributed by atoms with Crippen molar-refractivity contribution in [2.45, 2.75) is 39.9 Å². The van der Waals surface area contributed by atoms with E-state index in [0.29, 0.717) is 0 Å². The predicted molar refractivity (Wildman–Crippen MR) is 88.1 cm³/mol. The van der Waals surface area contributed by atoms with E-state index in [1.54, 1.807) is 0 Å². The molecule has 21 heavy (non-hydrogen) atoms. The van der Waals surface area contributed by atoms with Gasteiger partial charge in [-0.05, 0) is 48.6 Å². The Balaban J connectivity index is 1.75. The van der Waals surface area contributed by atoms with Crippen LogP contribution in [0.1, 0.15) is 39.4 Å². The van der Waals surface area contributed by atoms with Crippen LogP contribution in [0, 0.1) is 20.8 Å². The third kappa shape index (κ3) is 2.87. The molecule has 0 aromatic heterocycles. The van der Waals surface area contributed by atoms with Crippen LogP contribution < -0.4 is 5.73 Å². The highest BCUT2D eigenvalue weighted by Crippen LogP contribution is 2.27. The zero-order chi connectivity index (χ0) is 15.0. The molecule has 0 saturated heterocycles. The van der Waals surface area contributed by atoms with E-state index in [4.69, 9.17) is 5.73 Å². The number of aryl methyl sites for hydroxylation is 3. The number of rotatable bonds is 3. The van der Waals surface area contributed by atoms with E-state index in [0.717, 1.165) is 19.6 Å². The SMILES string of the molecule is Cc1cc(C)c(C(N)CN2Cc3ccccc3C2)c(C)c1. The summed E-state index contributed by atoms with van der Waals surface area (Å²) >= 11 is 0. The van der Waals surface area contributed by atoms with Crippen LogP contribution in [-0.4, -0.2) is 11.4 Å². The van der Waals surface area contributed by atoms with Gasteiger partial charge in [-0.15, -0.1) is 0 Å². The molecule has 2 aromatic carbocycles. The van der Waals surface area contributed by atoms with Crippen LogP contribution in [0.4, 0.5) is 0 Å². The highest BCUT2D eigenvalue weighted by molar-refractivity contribution is 5.40. The number of nitrogens with two attached hydrogens (primary N) is 1. The van der Waals surface area contributed by atoms with Crippen molar-refractivity contribution in [3.63, 3.8) is 0 Å². The molecule has 3 rings (SSSR count). The van der Waals surface area contributed by atoms with Crippen molar-refractivity contribution in [1.82, 2.24) is 4.90 Å². The highest BCUT2D eigenvalue weighted by atomic mass is 15.1. The lowest BCUT2D eigenvalue weighted by Crippen LogP contribution is -2.29. The maximum Gasteiger partial charge on any atom is 0.0429 e. The Hall–Kier alpha value is -1.64. The van der Waals surface area contributed by atoms with Crippen LogP contribution in [0.5, 0.6) is 0 Å². The standard InChI is InChI=1S/C19H24N2/c1-13-8-14(2)19(15(3)9-13)18(20)12-21-10-16-6-4-5-7-17(16)11-21/h4-9,18H,10-12,20H2,1-3H3. The third-order valence-corrected chi connectivity index (χ3v) is 4.47. The van der Waals surface area contributed by atoms with Crippen LogP contribution >= 0.6 is 0 Å². The summed E-state index contributed by atoms with van der Waals surface area (Å²) in [5, 5.41) is 0. The fourth-order valence-electron chi connectivity index (χ4n) is 3.68. The molecule has 0 amide bonds. The average molecular weight is 280 g/mol. The largest absolute Gasteiger partial charge is 0.323 e. The zero-order valence-electron chi connectivity index (χ0n) is 13.2. The van der Waals surface area contributed by atoms with Gasteiger partial charge in [-0.1, -0.05) is 42.0 Å². The first kappa shape index (κ1) is 14.3. The molecular weight excluding hydrogens is 256 g/mol. The zero-order valence-corrected chi connectivity index (χ0v) is 13.2. The first-order valence-corrected chi connectivity index (χ1v) is 7.67. The molecule has 1 unspecified atom stereocenters. The van der Waals surface area contributed by atoms with Gasteiger partial charge in [0.15, 0.2) is 0 Å². The molecule has 110 valence electrons. The van der Waals surface area contributed by atoms with E-state index in [-0.39, 0.29) is 6.04 Å². The lowest BCUT2D eigenvalue weighted by atomic mass is 9.94. The second kappa shape index (κ2) is 5.63. The van der Waals surface area contributed by atoms with Gasteiger partial charge in [0, 0.05) is 25.7 Å². The molecular formula is C19H24N2. The van der Waals surface area contributed by atoms with Crippen molar-refractivity contribution in [2.24, 2.45) is 5.73 Å². The van der Waals surface area contributed by atoms with Gasteiger partial charge in [0.2, 0.25) is 0 Å². The molecule has 0 bridgehead atoms. The van der Waals surface area contributed by atoms with E-state index in [1.165, 1.54) is 33.4 Å². The maximum atomic E-state index is 6.52. The van der Waals surface area contributed by atoms with E-state index in [9.17, 15) is 0 Å². The summed E-state index contributed by atoms with van der Waals surface area (Å²) in [7, 11) is 0. The molecule has 2 heteroatoms. The molecule has 0 saturated carbocycles. The number of fused-ring (bicyclic) bond motifs is 1. The van der Waals surface area contributed by atoms with Crippen molar-refractivity contribution >= 4 is 0 Å². The van der Waals surface area contributed by atoms with E-state index >= 15 is 0 Å². The minimum atomic E-state index is 0.0833. The fourth-order valence-corrected chi connectivity index (χ4v) is 3.68. The monoisotopic (exact) mass is 280 g/mol. The molecule has 2 nitrogen and oxygen atoms in total. The Bertz CT molecular complexity index is 612. The van der Waals surface area contributed by atoms with Gasteiger partial charge in [-0.25, -0.2) is 0 Å². The summed E-state index contributed by atoms with van der Waals surface area (Å²) < 4.78 is 0. The number of nitrogens with zero attached hydrogens (tertiary/aromatic N) is 1. The number of hydrogen-bond acceptors (Lipinski definition) is 2. The van der Waals surface area contributed by atoms with Crippen molar-refractivity contribution in [2.75, 3.05) is 6.54 Å². The highest BCUT2D eigenvalue weighted by Gasteiger charge is 2.22. The van der Waals surface area contributed by atoms with Crippen LogP contribution in [0.15, 0.2) is 36.4 Å². The first-order chi connectivity index (χ1) is 10.0. The molecule has 1 aliphatic heterocycles. The third-order valence-electron chi connectivity index (χ3n) is 4.47. The first-order valence-electron chi connectivity index (χ1n) is 7.67. The minimum Gasteiger partial charge on any atom is -0.323 e. The van der Waals surface area contributed by atoms with Crippen LogP contribution in [-0.2, 0) is 13.1 Å². The van der Waals surface area contributed by atoms with Gasteiger partial charge in [0.05, 0.1) is 0 Å². The van der Waals surface area contributed by atoms with Crippen molar-refractivity contribution in [1.29, 1.82) is 0 Å². The predicted octanol–water partition coefficient (Wildman–Crippen LogP) is 3.63. The topological polar surface area (TPSA) is 29.3 Å². The molecule has 0 spiro atoms. The van der Waals surface area contributed by atoms with Crippen LogP contribution in [0.25, 0.3) is 0 Å².